The average Bonchev–Trinajstić information content (AvgIpc) is 3.10. The molecule has 2 fully saturated rings. The number of hydrogen-bond donors (Lipinski definition) is 1. The van der Waals surface area contributed by atoms with Crippen molar-refractivity contribution < 1.29 is 19.4 Å². The van der Waals surface area contributed by atoms with Crippen molar-refractivity contribution in [3.8, 4) is 0 Å². The van der Waals surface area contributed by atoms with E-state index in [1.54, 1.807) is 0 Å². The van der Waals surface area contributed by atoms with Crippen LogP contribution in [0.25, 0.3) is 0 Å². The topological polar surface area (TPSA) is 63.6 Å². The SMILES string of the molecule is CC1=C(C)C(=O)OC(C(C)(O)C2CCC3C4CC=C5CC=CC(=O)C5(C)C4CCC32C)C1. The van der Waals surface area contributed by atoms with E-state index in [4.69, 9.17) is 4.74 Å². The molecular weight excluding hydrogens is 400 g/mol. The minimum absolute atomic E-state index is 0.00353. The van der Waals surface area contributed by atoms with E-state index in [-0.39, 0.29) is 28.5 Å². The summed E-state index contributed by atoms with van der Waals surface area (Å²) in [5.41, 5.74) is 1.61. The molecule has 174 valence electrons. The second-order valence-corrected chi connectivity index (χ2v) is 11.9. The van der Waals surface area contributed by atoms with Crippen LogP contribution in [0.2, 0.25) is 0 Å². The third-order valence-electron chi connectivity index (χ3n) is 10.6. The van der Waals surface area contributed by atoms with Crippen LogP contribution in [0.15, 0.2) is 34.9 Å². The van der Waals surface area contributed by atoms with Crippen molar-refractivity contribution in [1.29, 1.82) is 0 Å². The zero-order valence-electron chi connectivity index (χ0n) is 20.2. The van der Waals surface area contributed by atoms with E-state index in [2.05, 4.69) is 19.9 Å². The molecule has 5 rings (SSSR count). The molecule has 0 saturated heterocycles. The van der Waals surface area contributed by atoms with Crippen LogP contribution in [-0.2, 0) is 14.3 Å². The number of esters is 1. The maximum absolute atomic E-state index is 13.1. The number of carbonyl (C=O) groups excluding carboxylic acids is 2. The Balaban J connectivity index is 1.44. The Morgan fingerprint density at radius 3 is 2.59 bits per heavy atom. The molecule has 0 aromatic heterocycles. The van der Waals surface area contributed by atoms with E-state index in [1.165, 1.54) is 5.57 Å². The Morgan fingerprint density at radius 2 is 1.88 bits per heavy atom. The Morgan fingerprint density at radius 1 is 1.12 bits per heavy atom. The number of ether oxygens (including phenoxy) is 1. The summed E-state index contributed by atoms with van der Waals surface area (Å²) in [4.78, 5) is 25.5. The normalized spacial score (nSPS) is 45.4. The molecule has 1 heterocycles. The third-order valence-corrected chi connectivity index (χ3v) is 10.6. The van der Waals surface area contributed by atoms with Crippen LogP contribution in [0.3, 0.4) is 0 Å². The second kappa shape index (κ2) is 7.16. The van der Waals surface area contributed by atoms with Gasteiger partial charge in [-0.1, -0.05) is 30.2 Å². The maximum Gasteiger partial charge on any atom is 0.334 e. The van der Waals surface area contributed by atoms with Crippen LogP contribution < -0.4 is 0 Å². The molecule has 8 unspecified atom stereocenters. The van der Waals surface area contributed by atoms with Gasteiger partial charge in [-0.3, -0.25) is 4.79 Å². The number of cyclic esters (lactones) is 1. The average molecular weight is 439 g/mol. The monoisotopic (exact) mass is 438 g/mol. The maximum atomic E-state index is 13.1. The number of allylic oxidation sites excluding steroid dienone is 4. The van der Waals surface area contributed by atoms with Gasteiger partial charge in [0.2, 0.25) is 0 Å². The molecule has 8 atom stereocenters. The fraction of sp³-hybridized carbons (Fsp3) is 0.714. The van der Waals surface area contributed by atoms with Crippen molar-refractivity contribution in [3.63, 3.8) is 0 Å². The predicted molar refractivity (Wildman–Crippen MR) is 124 cm³/mol. The van der Waals surface area contributed by atoms with E-state index < -0.39 is 11.7 Å². The van der Waals surface area contributed by atoms with Gasteiger partial charge in [-0.05, 0) is 101 Å². The van der Waals surface area contributed by atoms with E-state index >= 15 is 0 Å². The summed E-state index contributed by atoms with van der Waals surface area (Å²) in [6.07, 6.45) is 12.4. The summed E-state index contributed by atoms with van der Waals surface area (Å²) >= 11 is 0. The first-order valence-electron chi connectivity index (χ1n) is 12.5. The molecule has 4 heteroatoms. The highest BCUT2D eigenvalue weighted by molar-refractivity contribution is 5.98. The first-order valence-corrected chi connectivity index (χ1v) is 12.5. The van der Waals surface area contributed by atoms with E-state index in [1.807, 2.05) is 32.9 Å². The summed E-state index contributed by atoms with van der Waals surface area (Å²) in [5, 5.41) is 11.9. The molecule has 2 saturated carbocycles. The Labute approximate surface area is 192 Å². The quantitative estimate of drug-likeness (QED) is 0.469. The smallest absolute Gasteiger partial charge is 0.334 e. The zero-order valence-corrected chi connectivity index (χ0v) is 20.2. The fourth-order valence-corrected chi connectivity index (χ4v) is 8.54. The Kier molecular flexibility index (Phi) is 4.95. The summed E-state index contributed by atoms with van der Waals surface area (Å²) < 4.78 is 5.77. The van der Waals surface area contributed by atoms with E-state index in [0.29, 0.717) is 29.7 Å². The lowest BCUT2D eigenvalue weighted by Gasteiger charge is -2.57. The molecular formula is C28H38O4. The highest BCUT2D eigenvalue weighted by atomic mass is 16.6. The van der Waals surface area contributed by atoms with Gasteiger partial charge in [0.05, 0.1) is 5.41 Å². The molecule has 0 amide bonds. The Bertz CT molecular complexity index is 952. The molecule has 1 aliphatic heterocycles. The van der Waals surface area contributed by atoms with Crippen molar-refractivity contribution in [2.75, 3.05) is 0 Å². The van der Waals surface area contributed by atoms with Crippen LogP contribution >= 0.6 is 0 Å². The summed E-state index contributed by atoms with van der Waals surface area (Å²) in [6.45, 7) is 10.2. The van der Waals surface area contributed by atoms with E-state index in [9.17, 15) is 14.7 Å². The van der Waals surface area contributed by atoms with Gasteiger partial charge in [0.1, 0.15) is 11.7 Å². The van der Waals surface area contributed by atoms with Crippen molar-refractivity contribution in [3.05, 3.63) is 34.9 Å². The van der Waals surface area contributed by atoms with Crippen LogP contribution in [0.4, 0.5) is 0 Å². The molecule has 0 aromatic carbocycles. The number of ketones is 1. The lowest BCUT2D eigenvalue weighted by Crippen LogP contribution is -2.57. The molecule has 0 radical (unpaired) electrons. The highest BCUT2D eigenvalue weighted by Gasteiger charge is 2.63. The summed E-state index contributed by atoms with van der Waals surface area (Å²) in [5.74, 6) is 1.44. The van der Waals surface area contributed by atoms with Crippen LogP contribution in [-0.4, -0.2) is 28.6 Å². The molecule has 0 spiro atoms. The van der Waals surface area contributed by atoms with Crippen molar-refractivity contribution in [1.82, 2.24) is 0 Å². The lowest BCUT2D eigenvalue weighted by atomic mass is 9.47. The fourth-order valence-electron chi connectivity index (χ4n) is 8.54. The molecule has 5 aliphatic rings. The zero-order chi connectivity index (χ0) is 23.1. The van der Waals surface area contributed by atoms with Crippen LogP contribution in [0, 0.1) is 34.5 Å². The molecule has 0 aromatic rings. The number of aliphatic hydroxyl groups is 1. The van der Waals surface area contributed by atoms with Gasteiger partial charge in [-0.15, -0.1) is 0 Å². The minimum Gasteiger partial charge on any atom is -0.456 e. The van der Waals surface area contributed by atoms with Gasteiger partial charge in [-0.25, -0.2) is 4.79 Å². The number of rotatable bonds is 2. The minimum atomic E-state index is -1.06. The first-order chi connectivity index (χ1) is 15.0. The van der Waals surface area contributed by atoms with Gasteiger partial charge < -0.3 is 9.84 Å². The first kappa shape index (κ1) is 22.1. The third kappa shape index (κ3) is 2.84. The Hall–Kier alpha value is -1.68. The molecule has 4 aliphatic carbocycles. The summed E-state index contributed by atoms with van der Waals surface area (Å²) in [6, 6.07) is 0. The molecule has 1 N–H and O–H groups in total. The summed E-state index contributed by atoms with van der Waals surface area (Å²) in [7, 11) is 0. The predicted octanol–water partition coefficient (Wildman–Crippen LogP) is 5.31. The molecule has 0 bridgehead atoms. The van der Waals surface area contributed by atoms with Gasteiger partial charge in [-0.2, -0.15) is 0 Å². The lowest BCUT2D eigenvalue weighted by molar-refractivity contribution is -0.181. The van der Waals surface area contributed by atoms with Gasteiger partial charge in [0.15, 0.2) is 5.78 Å². The van der Waals surface area contributed by atoms with Gasteiger partial charge in [0.25, 0.3) is 0 Å². The number of hydrogen-bond acceptors (Lipinski definition) is 4. The number of carbonyl (C=O) groups is 2. The largest absolute Gasteiger partial charge is 0.456 e. The molecule has 4 nitrogen and oxygen atoms in total. The molecule has 32 heavy (non-hydrogen) atoms. The standard InChI is InChI=1S/C28H38O4/c1-16-15-24(32-25(30)17(16)2)28(5,31)22-12-11-20-19-10-9-18-7-6-8-23(29)27(18,4)21(19)13-14-26(20,22)3/h6,8-9,19-22,24,31H,7,10-15H2,1-5H3. The van der Waals surface area contributed by atoms with Crippen LogP contribution in [0.1, 0.15) is 79.6 Å². The van der Waals surface area contributed by atoms with Crippen molar-refractivity contribution >= 4 is 11.8 Å². The van der Waals surface area contributed by atoms with E-state index in [0.717, 1.165) is 44.1 Å². The van der Waals surface area contributed by atoms with Crippen molar-refractivity contribution in [2.45, 2.75) is 91.3 Å². The van der Waals surface area contributed by atoms with Gasteiger partial charge >= 0.3 is 5.97 Å². The van der Waals surface area contributed by atoms with Gasteiger partial charge in [0, 0.05) is 12.0 Å². The van der Waals surface area contributed by atoms with Crippen molar-refractivity contribution in [2.24, 2.45) is 34.5 Å². The second-order valence-electron chi connectivity index (χ2n) is 11.9. The number of fused-ring (bicyclic) bond motifs is 5. The highest BCUT2D eigenvalue weighted by Crippen LogP contribution is 2.67. The van der Waals surface area contributed by atoms with Crippen LogP contribution in [0.5, 0.6) is 0 Å².